The van der Waals surface area contributed by atoms with Gasteiger partial charge in [0.2, 0.25) is 11.8 Å². The molecule has 2 aromatic rings. The van der Waals surface area contributed by atoms with Crippen molar-refractivity contribution in [2.75, 3.05) is 14.2 Å². The van der Waals surface area contributed by atoms with Gasteiger partial charge in [0.25, 0.3) is 0 Å². The highest BCUT2D eigenvalue weighted by Gasteiger charge is 2.34. The van der Waals surface area contributed by atoms with Crippen molar-refractivity contribution < 1.29 is 19.1 Å². The Labute approximate surface area is 178 Å². The molecule has 3 rings (SSSR count). The van der Waals surface area contributed by atoms with Crippen LogP contribution in [0.2, 0.25) is 0 Å². The molecule has 1 atom stereocenters. The number of ether oxygens (including phenoxy) is 2. The van der Waals surface area contributed by atoms with E-state index in [1.807, 2.05) is 56.3 Å². The van der Waals surface area contributed by atoms with Crippen LogP contribution in [0.3, 0.4) is 0 Å². The molecule has 0 fully saturated rings. The molecule has 0 bridgehead atoms. The first kappa shape index (κ1) is 21.7. The lowest BCUT2D eigenvalue weighted by molar-refractivity contribution is -0.142. The molecule has 6 nitrogen and oxygen atoms in total. The van der Waals surface area contributed by atoms with E-state index in [4.69, 9.17) is 9.47 Å². The smallest absolute Gasteiger partial charge is 0.243 e. The first-order chi connectivity index (χ1) is 14.4. The van der Waals surface area contributed by atoms with E-state index < -0.39 is 6.04 Å². The molecule has 0 radical (unpaired) electrons. The molecule has 1 aliphatic heterocycles. The van der Waals surface area contributed by atoms with Gasteiger partial charge in [-0.3, -0.25) is 9.59 Å². The van der Waals surface area contributed by atoms with E-state index in [1.165, 1.54) is 0 Å². The maximum atomic E-state index is 13.2. The van der Waals surface area contributed by atoms with Crippen molar-refractivity contribution in [1.29, 1.82) is 0 Å². The fraction of sp³-hybridized carbons (Fsp3) is 0.417. The first-order valence-corrected chi connectivity index (χ1v) is 10.3. The van der Waals surface area contributed by atoms with Crippen molar-refractivity contribution >= 4 is 11.8 Å². The number of methoxy groups -OCH3 is 2. The van der Waals surface area contributed by atoms with E-state index in [1.54, 1.807) is 19.1 Å². The number of benzene rings is 2. The standard InChI is InChI=1S/C24H30N2O4/c1-16(2)11-23(27)26-15-18-8-6-5-7-17(18)13-21(26)24(28)25-14-19-12-20(29-3)9-10-22(19)30-4/h5-10,12,16,21H,11,13-15H2,1-4H3,(H,25,28). The van der Waals surface area contributed by atoms with Crippen LogP contribution < -0.4 is 14.8 Å². The van der Waals surface area contributed by atoms with Gasteiger partial charge in [0.15, 0.2) is 0 Å². The SMILES string of the molecule is COc1ccc(OC)c(CNC(=O)C2Cc3ccccc3CN2C(=O)CC(C)C)c1. The van der Waals surface area contributed by atoms with Gasteiger partial charge in [-0.15, -0.1) is 0 Å². The van der Waals surface area contributed by atoms with E-state index in [-0.39, 0.29) is 17.7 Å². The molecular formula is C24H30N2O4. The number of carbonyl (C=O) groups excluding carboxylic acids is 2. The highest BCUT2D eigenvalue weighted by molar-refractivity contribution is 5.88. The summed E-state index contributed by atoms with van der Waals surface area (Å²) in [5.74, 6) is 1.46. The number of nitrogens with zero attached hydrogens (tertiary/aromatic N) is 1. The first-order valence-electron chi connectivity index (χ1n) is 10.3. The van der Waals surface area contributed by atoms with Crippen molar-refractivity contribution in [3.63, 3.8) is 0 Å². The Bertz CT molecular complexity index is 910. The fourth-order valence-corrected chi connectivity index (χ4v) is 3.81. The van der Waals surface area contributed by atoms with Crippen LogP contribution in [0.25, 0.3) is 0 Å². The number of rotatable bonds is 7. The third-order valence-corrected chi connectivity index (χ3v) is 5.40. The summed E-state index contributed by atoms with van der Waals surface area (Å²) in [6.45, 7) is 4.78. The van der Waals surface area contributed by atoms with E-state index >= 15 is 0 Å². The molecule has 1 heterocycles. The van der Waals surface area contributed by atoms with Crippen LogP contribution >= 0.6 is 0 Å². The fourth-order valence-electron chi connectivity index (χ4n) is 3.81. The Balaban J connectivity index is 1.79. The average molecular weight is 411 g/mol. The van der Waals surface area contributed by atoms with E-state index in [0.717, 1.165) is 16.7 Å². The predicted molar refractivity (Wildman–Crippen MR) is 115 cm³/mol. The molecule has 0 aromatic heterocycles. The van der Waals surface area contributed by atoms with Crippen molar-refractivity contribution in [2.45, 2.75) is 45.8 Å². The van der Waals surface area contributed by atoms with Crippen molar-refractivity contribution in [2.24, 2.45) is 5.92 Å². The Hall–Kier alpha value is -3.02. The third-order valence-electron chi connectivity index (χ3n) is 5.40. The second-order valence-electron chi connectivity index (χ2n) is 8.00. The minimum Gasteiger partial charge on any atom is -0.497 e. The number of nitrogens with one attached hydrogen (secondary N) is 1. The van der Waals surface area contributed by atoms with Crippen LogP contribution in [0, 0.1) is 5.92 Å². The maximum Gasteiger partial charge on any atom is 0.243 e. The molecule has 0 saturated carbocycles. The van der Waals surface area contributed by atoms with E-state index in [2.05, 4.69) is 5.32 Å². The molecule has 160 valence electrons. The molecule has 1 aliphatic rings. The van der Waals surface area contributed by atoms with Gasteiger partial charge in [-0.25, -0.2) is 0 Å². The highest BCUT2D eigenvalue weighted by Crippen LogP contribution is 2.26. The van der Waals surface area contributed by atoms with Crippen LogP contribution in [0.5, 0.6) is 11.5 Å². The summed E-state index contributed by atoms with van der Waals surface area (Å²) in [4.78, 5) is 27.8. The highest BCUT2D eigenvalue weighted by atomic mass is 16.5. The maximum absolute atomic E-state index is 13.2. The van der Waals surface area contributed by atoms with Gasteiger partial charge in [-0.1, -0.05) is 38.1 Å². The molecule has 30 heavy (non-hydrogen) atoms. The largest absolute Gasteiger partial charge is 0.497 e. The number of hydrogen-bond acceptors (Lipinski definition) is 4. The van der Waals surface area contributed by atoms with Gasteiger partial charge in [0, 0.05) is 31.5 Å². The zero-order valence-corrected chi connectivity index (χ0v) is 18.1. The minimum absolute atomic E-state index is 0.0126. The summed E-state index contributed by atoms with van der Waals surface area (Å²) < 4.78 is 10.7. The molecule has 1 N–H and O–H groups in total. The summed E-state index contributed by atoms with van der Waals surface area (Å²) in [7, 11) is 3.19. The lowest BCUT2D eigenvalue weighted by Gasteiger charge is -2.36. The summed E-state index contributed by atoms with van der Waals surface area (Å²) >= 11 is 0. The van der Waals surface area contributed by atoms with Crippen LogP contribution in [-0.4, -0.2) is 37.0 Å². The molecule has 0 spiro atoms. The summed E-state index contributed by atoms with van der Waals surface area (Å²) in [5.41, 5.74) is 3.04. The molecule has 2 amide bonds. The van der Waals surface area contributed by atoms with Crippen LogP contribution in [-0.2, 0) is 29.1 Å². The van der Waals surface area contributed by atoms with Gasteiger partial charge in [0.1, 0.15) is 17.5 Å². The molecule has 1 unspecified atom stereocenters. The Morgan fingerprint density at radius 1 is 1.10 bits per heavy atom. The number of hydrogen-bond donors (Lipinski definition) is 1. The lowest BCUT2D eigenvalue weighted by Crippen LogP contribution is -2.52. The van der Waals surface area contributed by atoms with Gasteiger partial charge in [0.05, 0.1) is 14.2 Å². The van der Waals surface area contributed by atoms with Crippen molar-refractivity contribution in [1.82, 2.24) is 10.2 Å². The van der Waals surface area contributed by atoms with Gasteiger partial charge in [-0.2, -0.15) is 0 Å². The monoisotopic (exact) mass is 410 g/mol. The second-order valence-corrected chi connectivity index (χ2v) is 8.00. The van der Waals surface area contributed by atoms with Gasteiger partial charge < -0.3 is 19.7 Å². The quantitative estimate of drug-likeness (QED) is 0.760. The van der Waals surface area contributed by atoms with E-state index in [0.29, 0.717) is 37.4 Å². The number of amides is 2. The molecule has 2 aromatic carbocycles. The minimum atomic E-state index is -0.525. The molecule has 0 aliphatic carbocycles. The summed E-state index contributed by atoms with van der Waals surface area (Å²) in [6.07, 6.45) is 0.941. The summed E-state index contributed by atoms with van der Waals surface area (Å²) in [6, 6.07) is 13.0. The zero-order valence-electron chi connectivity index (χ0n) is 18.1. The Morgan fingerprint density at radius 3 is 2.50 bits per heavy atom. The Kier molecular flexibility index (Phi) is 6.98. The van der Waals surface area contributed by atoms with Crippen molar-refractivity contribution in [3.05, 3.63) is 59.2 Å². The Morgan fingerprint density at radius 2 is 1.83 bits per heavy atom. The predicted octanol–water partition coefficient (Wildman–Crippen LogP) is 3.32. The third kappa shape index (κ3) is 4.93. The molecular weight excluding hydrogens is 380 g/mol. The molecule has 0 saturated heterocycles. The number of fused-ring (bicyclic) bond motifs is 1. The second kappa shape index (κ2) is 9.65. The zero-order chi connectivity index (χ0) is 21.7. The van der Waals surface area contributed by atoms with E-state index in [9.17, 15) is 9.59 Å². The lowest BCUT2D eigenvalue weighted by atomic mass is 9.92. The van der Waals surface area contributed by atoms with Crippen LogP contribution in [0.15, 0.2) is 42.5 Å². The summed E-state index contributed by atoms with van der Waals surface area (Å²) in [5, 5.41) is 3.00. The van der Waals surface area contributed by atoms with Crippen molar-refractivity contribution in [3.8, 4) is 11.5 Å². The average Bonchev–Trinajstić information content (AvgIpc) is 2.75. The topological polar surface area (TPSA) is 67.9 Å². The normalized spacial score (nSPS) is 15.5. The van der Waals surface area contributed by atoms with Crippen LogP contribution in [0.1, 0.15) is 37.0 Å². The molecule has 6 heteroatoms. The number of carbonyl (C=O) groups is 2. The van der Waals surface area contributed by atoms with Gasteiger partial charge >= 0.3 is 0 Å². The van der Waals surface area contributed by atoms with Crippen LogP contribution in [0.4, 0.5) is 0 Å². The van der Waals surface area contributed by atoms with Gasteiger partial charge in [-0.05, 0) is 35.2 Å².